The molecule has 1 aromatic heterocycles. The van der Waals surface area contributed by atoms with Gasteiger partial charge in [-0.2, -0.15) is 5.10 Å². The first-order chi connectivity index (χ1) is 8.24. The van der Waals surface area contributed by atoms with Gasteiger partial charge in [0.15, 0.2) is 5.69 Å². The van der Waals surface area contributed by atoms with E-state index >= 15 is 0 Å². The van der Waals surface area contributed by atoms with Crippen LogP contribution < -0.4 is 11.1 Å². The molecule has 4 N–H and O–H groups in total. The Morgan fingerprint density at radius 2 is 2.41 bits per heavy atom. The van der Waals surface area contributed by atoms with E-state index in [4.69, 9.17) is 10.5 Å². The van der Waals surface area contributed by atoms with Gasteiger partial charge >= 0.3 is 0 Å². The summed E-state index contributed by atoms with van der Waals surface area (Å²) in [7, 11) is 0. The van der Waals surface area contributed by atoms with Crippen LogP contribution >= 0.6 is 0 Å². The highest BCUT2D eigenvalue weighted by molar-refractivity contribution is 5.97. The number of carbonyl (C=O) groups excluding carboxylic acids is 1. The largest absolute Gasteiger partial charge is 0.395 e. The normalized spacial score (nSPS) is 14.9. The minimum Gasteiger partial charge on any atom is -0.395 e. The molecule has 0 unspecified atom stereocenters. The molecule has 94 valence electrons. The number of nitrogens with one attached hydrogen (secondary N) is 2. The molecule has 0 saturated heterocycles. The number of aromatic amines is 1. The van der Waals surface area contributed by atoms with Crippen LogP contribution in [0.2, 0.25) is 0 Å². The van der Waals surface area contributed by atoms with Crippen LogP contribution in [0.3, 0.4) is 0 Å². The Labute approximate surface area is 99.9 Å². The highest BCUT2D eigenvalue weighted by atomic mass is 16.5. The number of anilines is 1. The van der Waals surface area contributed by atoms with Crippen LogP contribution in [0, 0.1) is 0 Å². The second-order valence-corrected chi connectivity index (χ2v) is 4.13. The van der Waals surface area contributed by atoms with Crippen molar-refractivity contribution in [3.05, 3.63) is 11.4 Å². The SMILES string of the molecule is CCOCCNC(=O)c1n[nH]c(C2CC2)c1N. The van der Waals surface area contributed by atoms with Crippen LogP contribution in [0.15, 0.2) is 0 Å². The van der Waals surface area contributed by atoms with E-state index in [1.807, 2.05) is 6.92 Å². The van der Waals surface area contributed by atoms with Crippen molar-refractivity contribution in [3.8, 4) is 0 Å². The van der Waals surface area contributed by atoms with Gasteiger partial charge in [-0.15, -0.1) is 0 Å². The molecule has 1 aliphatic rings. The van der Waals surface area contributed by atoms with Crippen molar-refractivity contribution in [1.82, 2.24) is 15.5 Å². The number of hydrogen-bond donors (Lipinski definition) is 3. The van der Waals surface area contributed by atoms with Gasteiger partial charge in [-0.05, 0) is 19.8 Å². The van der Waals surface area contributed by atoms with Gasteiger partial charge in [-0.1, -0.05) is 0 Å². The van der Waals surface area contributed by atoms with E-state index in [-0.39, 0.29) is 5.91 Å². The highest BCUT2D eigenvalue weighted by Gasteiger charge is 2.30. The molecular weight excluding hydrogens is 220 g/mol. The van der Waals surface area contributed by atoms with E-state index in [1.165, 1.54) is 0 Å². The Hall–Kier alpha value is -1.56. The average Bonchev–Trinajstić information content (AvgIpc) is 3.08. The lowest BCUT2D eigenvalue weighted by Crippen LogP contribution is -2.28. The van der Waals surface area contributed by atoms with Gasteiger partial charge in [0.2, 0.25) is 0 Å². The molecule has 0 atom stereocenters. The van der Waals surface area contributed by atoms with Gasteiger partial charge in [0.25, 0.3) is 5.91 Å². The number of H-pyrrole nitrogens is 1. The second-order valence-electron chi connectivity index (χ2n) is 4.13. The molecule has 1 fully saturated rings. The summed E-state index contributed by atoms with van der Waals surface area (Å²) in [5, 5.41) is 9.55. The van der Waals surface area contributed by atoms with E-state index in [1.54, 1.807) is 0 Å². The number of ether oxygens (including phenoxy) is 1. The van der Waals surface area contributed by atoms with Gasteiger partial charge in [0.05, 0.1) is 18.0 Å². The molecule has 0 aromatic carbocycles. The lowest BCUT2D eigenvalue weighted by molar-refractivity contribution is 0.0918. The predicted molar refractivity (Wildman–Crippen MR) is 63.8 cm³/mol. The molecule has 0 bridgehead atoms. The Bertz CT molecular complexity index is 398. The maximum absolute atomic E-state index is 11.8. The molecule has 0 aliphatic heterocycles. The molecule has 0 radical (unpaired) electrons. The van der Waals surface area contributed by atoms with E-state index in [9.17, 15) is 4.79 Å². The number of nitrogens with two attached hydrogens (primary N) is 1. The Kier molecular flexibility index (Phi) is 3.63. The van der Waals surface area contributed by atoms with Crippen LogP contribution in [-0.2, 0) is 4.74 Å². The molecule has 2 rings (SSSR count). The first-order valence-corrected chi connectivity index (χ1v) is 5.93. The predicted octanol–water partition coefficient (Wildman–Crippen LogP) is 0.636. The standard InChI is InChI=1S/C11H18N4O2/c1-2-17-6-5-13-11(16)10-8(12)9(14-15-10)7-3-4-7/h7H,2-6,12H2,1H3,(H,13,16)(H,14,15). The fraction of sp³-hybridized carbons (Fsp3) is 0.636. The van der Waals surface area contributed by atoms with Crippen LogP contribution in [0.4, 0.5) is 5.69 Å². The number of rotatable bonds is 6. The van der Waals surface area contributed by atoms with E-state index in [0.717, 1.165) is 18.5 Å². The zero-order chi connectivity index (χ0) is 12.3. The van der Waals surface area contributed by atoms with Crippen molar-refractivity contribution in [1.29, 1.82) is 0 Å². The number of amides is 1. The molecule has 1 aliphatic carbocycles. The van der Waals surface area contributed by atoms with Gasteiger partial charge < -0.3 is 15.8 Å². The Morgan fingerprint density at radius 3 is 3.06 bits per heavy atom. The van der Waals surface area contributed by atoms with Crippen LogP contribution in [0.1, 0.15) is 41.9 Å². The molecule has 1 heterocycles. The summed E-state index contributed by atoms with van der Waals surface area (Å²) >= 11 is 0. The smallest absolute Gasteiger partial charge is 0.274 e. The van der Waals surface area contributed by atoms with Gasteiger partial charge in [0, 0.05) is 19.1 Å². The minimum atomic E-state index is -0.245. The first kappa shape index (κ1) is 11.9. The molecule has 1 aromatic rings. The van der Waals surface area contributed by atoms with Crippen molar-refractivity contribution in [2.45, 2.75) is 25.7 Å². The molecule has 6 heteroatoms. The van der Waals surface area contributed by atoms with Crippen molar-refractivity contribution in [3.63, 3.8) is 0 Å². The lowest BCUT2D eigenvalue weighted by atomic mass is 10.2. The Morgan fingerprint density at radius 1 is 1.65 bits per heavy atom. The van der Waals surface area contributed by atoms with Crippen LogP contribution in [-0.4, -0.2) is 35.9 Å². The van der Waals surface area contributed by atoms with Gasteiger partial charge in [-0.3, -0.25) is 9.89 Å². The third-order valence-corrected chi connectivity index (χ3v) is 2.77. The minimum absolute atomic E-state index is 0.245. The maximum Gasteiger partial charge on any atom is 0.274 e. The summed E-state index contributed by atoms with van der Waals surface area (Å²) in [6, 6.07) is 0. The van der Waals surface area contributed by atoms with Crippen molar-refractivity contribution in [2.75, 3.05) is 25.5 Å². The van der Waals surface area contributed by atoms with Crippen LogP contribution in [0.5, 0.6) is 0 Å². The molecule has 6 nitrogen and oxygen atoms in total. The number of nitrogens with zero attached hydrogens (tertiary/aromatic N) is 1. The summed E-state index contributed by atoms with van der Waals surface area (Å²) in [5.41, 5.74) is 7.57. The topological polar surface area (TPSA) is 93.0 Å². The zero-order valence-corrected chi connectivity index (χ0v) is 9.95. The third-order valence-electron chi connectivity index (χ3n) is 2.77. The molecule has 0 spiro atoms. The summed E-state index contributed by atoms with van der Waals surface area (Å²) in [6.07, 6.45) is 2.25. The number of carbonyl (C=O) groups is 1. The maximum atomic E-state index is 11.8. The monoisotopic (exact) mass is 238 g/mol. The van der Waals surface area contributed by atoms with Crippen molar-refractivity contribution >= 4 is 11.6 Å². The van der Waals surface area contributed by atoms with Gasteiger partial charge in [-0.25, -0.2) is 0 Å². The van der Waals surface area contributed by atoms with Gasteiger partial charge in [0.1, 0.15) is 0 Å². The summed E-state index contributed by atoms with van der Waals surface area (Å²) < 4.78 is 5.13. The number of nitrogen functional groups attached to an aromatic ring is 1. The number of hydrogen-bond acceptors (Lipinski definition) is 4. The molecular formula is C11H18N4O2. The molecule has 1 amide bonds. The molecule has 17 heavy (non-hydrogen) atoms. The fourth-order valence-corrected chi connectivity index (χ4v) is 1.69. The van der Waals surface area contributed by atoms with E-state index in [0.29, 0.717) is 37.1 Å². The van der Waals surface area contributed by atoms with E-state index in [2.05, 4.69) is 15.5 Å². The second kappa shape index (κ2) is 5.18. The quantitative estimate of drug-likeness (QED) is 0.634. The average molecular weight is 238 g/mol. The summed E-state index contributed by atoms with van der Waals surface area (Å²) in [4.78, 5) is 11.8. The zero-order valence-electron chi connectivity index (χ0n) is 9.95. The van der Waals surface area contributed by atoms with Crippen molar-refractivity contribution in [2.24, 2.45) is 0 Å². The first-order valence-electron chi connectivity index (χ1n) is 5.93. The summed E-state index contributed by atoms with van der Waals surface area (Å²) in [5.74, 6) is 0.220. The Balaban J connectivity index is 1.90. The van der Waals surface area contributed by atoms with E-state index < -0.39 is 0 Å². The highest BCUT2D eigenvalue weighted by Crippen LogP contribution is 2.42. The molecule has 1 saturated carbocycles. The number of aromatic nitrogens is 2. The summed E-state index contributed by atoms with van der Waals surface area (Å²) in [6.45, 7) is 3.53. The third kappa shape index (κ3) is 2.76. The lowest BCUT2D eigenvalue weighted by Gasteiger charge is -2.03. The fourth-order valence-electron chi connectivity index (χ4n) is 1.69. The van der Waals surface area contributed by atoms with Crippen molar-refractivity contribution < 1.29 is 9.53 Å². The van der Waals surface area contributed by atoms with Crippen LogP contribution in [0.25, 0.3) is 0 Å².